The van der Waals surface area contributed by atoms with Crippen molar-refractivity contribution in [1.82, 2.24) is 9.36 Å². The van der Waals surface area contributed by atoms with Crippen molar-refractivity contribution >= 4 is 28.3 Å². The molecule has 5 nitrogen and oxygen atoms in total. The summed E-state index contributed by atoms with van der Waals surface area (Å²) in [5.41, 5.74) is 5.68. The number of amides is 1. The first kappa shape index (κ1) is 22.0. The number of hydrogen-bond donors (Lipinski definition) is 1. The highest BCUT2D eigenvalue weighted by Gasteiger charge is 2.17. The van der Waals surface area contributed by atoms with Crippen LogP contribution in [0, 0.1) is 20.8 Å². The molecule has 0 aliphatic carbocycles. The highest BCUT2D eigenvalue weighted by Crippen LogP contribution is 2.22. The van der Waals surface area contributed by atoms with Gasteiger partial charge in [0, 0.05) is 42.6 Å². The number of benzene rings is 2. The molecule has 158 valence electrons. The fourth-order valence-electron chi connectivity index (χ4n) is 3.16. The smallest absolute Gasteiger partial charge is 0.226 e. The van der Waals surface area contributed by atoms with E-state index in [4.69, 9.17) is 4.98 Å². The topological polar surface area (TPSA) is 58.1 Å². The summed E-state index contributed by atoms with van der Waals surface area (Å²) >= 11 is 1.40. The van der Waals surface area contributed by atoms with Gasteiger partial charge in [-0.2, -0.15) is 4.37 Å². The first-order valence-electron chi connectivity index (χ1n) is 10.3. The molecule has 0 fully saturated rings. The summed E-state index contributed by atoms with van der Waals surface area (Å²) in [6, 6.07) is 14.7. The maximum Gasteiger partial charge on any atom is 0.226 e. The second-order valence-electron chi connectivity index (χ2n) is 8.04. The third-order valence-electron chi connectivity index (χ3n) is 5.18. The molecule has 0 spiro atoms. The molecule has 6 heteroatoms. The standard InChI is InChI=1S/C24H30N4OS/c1-16(2)28(13-12-23(29)25-21-11-8-18(4)19(5)14-21)24-26-22(27-30-24)15-20-9-6-17(3)7-10-20/h6-11,14,16H,12-13,15H2,1-5H3,(H,25,29). The molecule has 0 aliphatic heterocycles. The predicted octanol–water partition coefficient (Wildman–Crippen LogP) is 5.30. The number of anilines is 2. The van der Waals surface area contributed by atoms with E-state index in [0.29, 0.717) is 13.0 Å². The average Bonchev–Trinajstić information content (AvgIpc) is 3.14. The maximum absolute atomic E-state index is 12.5. The lowest BCUT2D eigenvalue weighted by Gasteiger charge is -2.25. The van der Waals surface area contributed by atoms with Crippen molar-refractivity contribution in [3.05, 3.63) is 70.5 Å². The van der Waals surface area contributed by atoms with Crippen LogP contribution in [0.2, 0.25) is 0 Å². The third kappa shape index (κ3) is 5.89. The van der Waals surface area contributed by atoms with Crippen molar-refractivity contribution in [2.24, 2.45) is 0 Å². The lowest BCUT2D eigenvalue weighted by molar-refractivity contribution is -0.116. The molecule has 0 radical (unpaired) electrons. The van der Waals surface area contributed by atoms with Crippen LogP contribution < -0.4 is 10.2 Å². The zero-order chi connectivity index (χ0) is 21.7. The largest absolute Gasteiger partial charge is 0.344 e. The van der Waals surface area contributed by atoms with Crippen LogP contribution in [0.5, 0.6) is 0 Å². The van der Waals surface area contributed by atoms with Crippen molar-refractivity contribution in [2.75, 3.05) is 16.8 Å². The molecule has 30 heavy (non-hydrogen) atoms. The van der Waals surface area contributed by atoms with Gasteiger partial charge >= 0.3 is 0 Å². The van der Waals surface area contributed by atoms with E-state index in [1.54, 1.807) is 0 Å². The summed E-state index contributed by atoms with van der Waals surface area (Å²) < 4.78 is 4.54. The Hall–Kier alpha value is -2.73. The van der Waals surface area contributed by atoms with E-state index >= 15 is 0 Å². The van der Waals surface area contributed by atoms with Crippen LogP contribution in [0.25, 0.3) is 0 Å². The Labute approximate surface area is 183 Å². The Morgan fingerprint density at radius 1 is 1.07 bits per heavy atom. The zero-order valence-corrected chi connectivity index (χ0v) is 19.2. The highest BCUT2D eigenvalue weighted by molar-refractivity contribution is 7.09. The van der Waals surface area contributed by atoms with E-state index in [2.05, 4.69) is 73.5 Å². The molecule has 0 aliphatic rings. The molecule has 1 aromatic heterocycles. The summed E-state index contributed by atoms with van der Waals surface area (Å²) in [6.07, 6.45) is 1.12. The summed E-state index contributed by atoms with van der Waals surface area (Å²) in [5, 5.41) is 3.87. The molecule has 1 amide bonds. The molecule has 1 heterocycles. The predicted molar refractivity (Wildman–Crippen MR) is 126 cm³/mol. The Balaban J connectivity index is 1.60. The maximum atomic E-state index is 12.5. The molecule has 0 unspecified atom stereocenters. The van der Waals surface area contributed by atoms with Crippen LogP contribution in [-0.2, 0) is 11.2 Å². The minimum atomic E-state index is 0.00768. The van der Waals surface area contributed by atoms with Crippen LogP contribution in [0.4, 0.5) is 10.8 Å². The van der Waals surface area contributed by atoms with Crippen molar-refractivity contribution in [1.29, 1.82) is 0 Å². The molecular formula is C24H30N4OS. The molecule has 0 bridgehead atoms. The van der Waals surface area contributed by atoms with Crippen LogP contribution in [0.3, 0.4) is 0 Å². The third-order valence-corrected chi connectivity index (χ3v) is 5.97. The molecule has 1 N–H and O–H groups in total. The van der Waals surface area contributed by atoms with E-state index in [-0.39, 0.29) is 11.9 Å². The zero-order valence-electron chi connectivity index (χ0n) is 18.4. The van der Waals surface area contributed by atoms with Gasteiger partial charge < -0.3 is 10.2 Å². The van der Waals surface area contributed by atoms with E-state index in [0.717, 1.165) is 23.1 Å². The van der Waals surface area contributed by atoms with Crippen molar-refractivity contribution in [3.8, 4) is 0 Å². The Kier molecular flexibility index (Phi) is 7.21. The van der Waals surface area contributed by atoms with Gasteiger partial charge in [-0.15, -0.1) is 0 Å². The quantitative estimate of drug-likeness (QED) is 0.535. The molecule has 0 atom stereocenters. The molecular weight excluding hydrogens is 392 g/mol. The number of carbonyl (C=O) groups excluding carboxylic acids is 1. The van der Waals surface area contributed by atoms with Gasteiger partial charge in [0.05, 0.1) is 0 Å². The number of carbonyl (C=O) groups is 1. The summed E-state index contributed by atoms with van der Waals surface area (Å²) in [4.78, 5) is 19.4. The van der Waals surface area contributed by atoms with Gasteiger partial charge in [0.25, 0.3) is 0 Å². The lowest BCUT2D eigenvalue weighted by atomic mass is 10.1. The minimum Gasteiger partial charge on any atom is -0.344 e. The Bertz CT molecular complexity index is 995. The monoisotopic (exact) mass is 422 g/mol. The summed E-state index contributed by atoms with van der Waals surface area (Å²) in [6.45, 7) is 11.0. The van der Waals surface area contributed by atoms with Gasteiger partial charge in [-0.1, -0.05) is 35.9 Å². The normalized spacial score (nSPS) is 11.0. The van der Waals surface area contributed by atoms with Crippen molar-refractivity contribution in [2.45, 2.75) is 53.5 Å². The van der Waals surface area contributed by atoms with E-state index in [9.17, 15) is 4.79 Å². The number of nitrogens with zero attached hydrogens (tertiary/aromatic N) is 3. The van der Waals surface area contributed by atoms with E-state index in [1.165, 1.54) is 33.8 Å². The molecule has 3 aromatic rings. The lowest BCUT2D eigenvalue weighted by Crippen LogP contribution is -2.33. The van der Waals surface area contributed by atoms with Gasteiger partial charge in [0.2, 0.25) is 11.0 Å². The number of nitrogens with one attached hydrogen (secondary N) is 1. The minimum absolute atomic E-state index is 0.00768. The van der Waals surface area contributed by atoms with Crippen LogP contribution in [0.15, 0.2) is 42.5 Å². The summed E-state index contributed by atoms with van der Waals surface area (Å²) in [7, 11) is 0. The first-order valence-corrected chi connectivity index (χ1v) is 11.1. The van der Waals surface area contributed by atoms with Crippen molar-refractivity contribution < 1.29 is 4.79 Å². The summed E-state index contributed by atoms with van der Waals surface area (Å²) in [5.74, 6) is 0.831. The van der Waals surface area contributed by atoms with Gasteiger partial charge in [0.15, 0.2) is 0 Å². The molecule has 0 saturated carbocycles. The Morgan fingerprint density at radius 3 is 2.47 bits per heavy atom. The number of aromatic nitrogens is 2. The van der Waals surface area contributed by atoms with Crippen LogP contribution in [0.1, 0.15) is 48.3 Å². The molecule has 0 saturated heterocycles. The molecule has 2 aromatic carbocycles. The number of aryl methyl sites for hydroxylation is 3. The van der Waals surface area contributed by atoms with Gasteiger partial charge in [-0.3, -0.25) is 4.79 Å². The fraction of sp³-hybridized carbons (Fsp3) is 0.375. The van der Waals surface area contributed by atoms with E-state index < -0.39 is 0 Å². The van der Waals surface area contributed by atoms with Crippen LogP contribution >= 0.6 is 11.5 Å². The van der Waals surface area contributed by atoms with E-state index in [1.807, 2.05) is 18.2 Å². The molecule has 3 rings (SSSR count). The second-order valence-corrected chi connectivity index (χ2v) is 8.77. The SMILES string of the molecule is Cc1ccc(Cc2nsc(N(CCC(=O)Nc3ccc(C)c(C)c3)C(C)C)n2)cc1. The number of rotatable bonds is 8. The van der Waals surface area contributed by atoms with Gasteiger partial charge in [0.1, 0.15) is 5.82 Å². The fourth-order valence-corrected chi connectivity index (χ4v) is 4.01. The highest BCUT2D eigenvalue weighted by atomic mass is 32.1. The Morgan fingerprint density at radius 2 is 1.80 bits per heavy atom. The first-order chi connectivity index (χ1) is 14.3. The van der Waals surface area contributed by atoms with Crippen molar-refractivity contribution in [3.63, 3.8) is 0 Å². The van der Waals surface area contributed by atoms with Gasteiger partial charge in [-0.25, -0.2) is 4.98 Å². The van der Waals surface area contributed by atoms with Crippen LogP contribution in [-0.4, -0.2) is 27.9 Å². The second kappa shape index (κ2) is 9.85. The average molecular weight is 423 g/mol. The number of hydrogen-bond acceptors (Lipinski definition) is 5. The van der Waals surface area contributed by atoms with Gasteiger partial charge in [-0.05, 0) is 63.4 Å².